The average Bonchev–Trinajstić information content (AvgIpc) is 2.43. The van der Waals surface area contributed by atoms with Gasteiger partial charge in [-0.2, -0.15) is 0 Å². The van der Waals surface area contributed by atoms with E-state index in [1.807, 2.05) is 0 Å². The number of hydrogen-bond donors (Lipinski definition) is 0. The number of benzene rings is 1. The van der Waals surface area contributed by atoms with Crippen molar-refractivity contribution in [3.8, 4) is 11.5 Å². The van der Waals surface area contributed by atoms with Gasteiger partial charge in [-0.15, -0.1) is 0 Å². The summed E-state index contributed by atoms with van der Waals surface area (Å²) in [5.41, 5.74) is -0.0868. The number of nitro groups is 1. The Morgan fingerprint density at radius 2 is 2.15 bits per heavy atom. The quantitative estimate of drug-likeness (QED) is 0.329. The van der Waals surface area contributed by atoms with Gasteiger partial charge in [-0.3, -0.25) is 10.1 Å². The third-order valence-electron chi connectivity index (χ3n) is 2.23. The van der Waals surface area contributed by atoms with Crippen molar-refractivity contribution in [3.05, 3.63) is 40.5 Å². The second-order valence-electron chi connectivity index (χ2n) is 3.56. The first kappa shape index (κ1) is 15.5. The molecule has 1 rings (SSSR count). The third-order valence-corrected chi connectivity index (χ3v) is 2.23. The Morgan fingerprint density at radius 3 is 2.75 bits per heavy atom. The van der Waals surface area contributed by atoms with E-state index in [1.54, 1.807) is 6.92 Å². The highest BCUT2D eigenvalue weighted by Gasteiger charge is 2.11. The number of nitrogens with zero attached hydrogens (tertiary/aromatic N) is 1. The van der Waals surface area contributed by atoms with Gasteiger partial charge in [0.05, 0.1) is 24.7 Å². The fourth-order valence-electron chi connectivity index (χ4n) is 1.36. The van der Waals surface area contributed by atoms with Crippen LogP contribution in [0.15, 0.2) is 30.4 Å². The van der Waals surface area contributed by atoms with Crippen molar-refractivity contribution >= 4 is 11.7 Å². The number of nitro benzene ring substituents is 1. The molecule has 0 amide bonds. The zero-order valence-electron chi connectivity index (χ0n) is 11.2. The molecule has 0 aliphatic carbocycles. The Kier molecular flexibility index (Phi) is 6.02. The summed E-state index contributed by atoms with van der Waals surface area (Å²) in [5, 5.41) is 10.6. The maximum absolute atomic E-state index is 11.0. The van der Waals surface area contributed by atoms with Crippen LogP contribution in [0.3, 0.4) is 0 Å². The second-order valence-corrected chi connectivity index (χ2v) is 3.56. The van der Waals surface area contributed by atoms with E-state index in [0.717, 1.165) is 0 Å². The zero-order chi connectivity index (χ0) is 15.0. The summed E-state index contributed by atoms with van der Waals surface area (Å²) in [5.74, 6) is 0.155. The maximum atomic E-state index is 11.0. The van der Waals surface area contributed by atoms with Crippen LogP contribution in [-0.2, 0) is 9.53 Å². The van der Waals surface area contributed by atoms with Crippen LogP contribution in [0.2, 0.25) is 0 Å². The fourth-order valence-corrected chi connectivity index (χ4v) is 1.36. The van der Waals surface area contributed by atoms with E-state index >= 15 is 0 Å². The average molecular weight is 281 g/mol. The summed E-state index contributed by atoms with van der Waals surface area (Å²) in [7, 11) is 1.39. The van der Waals surface area contributed by atoms with Gasteiger partial charge >= 0.3 is 5.97 Å². The predicted octanol–water partition coefficient (Wildman–Crippen LogP) is 2.10. The summed E-state index contributed by atoms with van der Waals surface area (Å²) in [4.78, 5) is 21.1. The van der Waals surface area contributed by atoms with Crippen LogP contribution in [0.4, 0.5) is 5.69 Å². The normalized spacial score (nSPS) is 10.3. The molecule has 108 valence electrons. The van der Waals surface area contributed by atoms with Gasteiger partial charge in [0.1, 0.15) is 6.61 Å². The van der Waals surface area contributed by atoms with Crippen molar-refractivity contribution in [3.63, 3.8) is 0 Å². The molecule has 0 aromatic heterocycles. The minimum absolute atomic E-state index is 0.0868. The molecule has 0 aliphatic heterocycles. The number of hydrogen-bond acceptors (Lipinski definition) is 6. The van der Waals surface area contributed by atoms with Crippen molar-refractivity contribution in [2.24, 2.45) is 0 Å². The lowest BCUT2D eigenvalue weighted by Crippen LogP contribution is -2.01. The van der Waals surface area contributed by atoms with Crippen molar-refractivity contribution < 1.29 is 23.9 Å². The molecule has 1 aromatic carbocycles. The highest BCUT2D eigenvalue weighted by Crippen LogP contribution is 2.30. The molecule has 0 atom stereocenters. The Balaban J connectivity index is 2.64. The lowest BCUT2D eigenvalue weighted by molar-refractivity contribution is -0.384. The number of carbonyl (C=O) groups is 1. The SMILES string of the molecule is CCOC(=O)/C=C/COc1ccc([N+](=O)[O-])cc1OC. The summed E-state index contributed by atoms with van der Waals surface area (Å²) in [6, 6.07) is 4.02. The highest BCUT2D eigenvalue weighted by molar-refractivity contribution is 5.81. The van der Waals surface area contributed by atoms with Crippen LogP contribution in [0.25, 0.3) is 0 Å². The molecule has 0 saturated carbocycles. The smallest absolute Gasteiger partial charge is 0.330 e. The van der Waals surface area contributed by atoms with Crippen LogP contribution in [0, 0.1) is 10.1 Å². The molecule has 7 heteroatoms. The molecule has 7 nitrogen and oxygen atoms in total. The lowest BCUT2D eigenvalue weighted by atomic mass is 10.3. The number of carbonyl (C=O) groups excluding carboxylic acids is 1. The molecule has 0 bridgehead atoms. The molecule has 20 heavy (non-hydrogen) atoms. The molecule has 0 heterocycles. The Morgan fingerprint density at radius 1 is 1.40 bits per heavy atom. The zero-order valence-corrected chi connectivity index (χ0v) is 11.2. The first-order valence-electron chi connectivity index (χ1n) is 5.87. The van der Waals surface area contributed by atoms with Crippen LogP contribution >= 0.6 is 0 Å². The van der Waals surface area contributed by atoms with Gasteiger partial charge in [-0.1, -0.05) is 0 Å². The van der Waals surface area contributed by atoms with E-state index < -0.39 is 10.9 Å². The molecule has 0 spiro atoms. The summed E-state index contributed by atoms with van der Waals surface area (Å²) in [6.45, 7) is 2.14. The van der Waals surface area contributed by atoms with Gasteiger partial charge < -0.3 is 14.2 Å². The molecule has 0 aliphatic rings. The van der Waals surface area contributed by atoms with Gasteiger partial charge in [0.15, 0.2) is 11.5 Å². The van der Waals surface area contributed by atoms with Crippen molar-refractivity contribution in [2.75, 3.05) is 20.3 Å². The minimum Gasteiger partial charge on any atom is -0.493 e. The number of non-ortho nitro benzene ring substituents is 1. The molecule has 0 unspecified atom stereocenters. The molecule has 0 N–H and O–H groups in total. The minimum atomic E-state index is -0.521. The molecule has 0 radical (unpaired) electrons. The van der Waals surface area contributed by atoms with E-state index in [4.69, 9.17) is 14.2 Å². The lowest BCUT2D eigenvalue weighted by Gasteiger charge is -2.08. The van der Waals surface area contributed by atoms with Crippen LogP contribution in [0.5, 0.6) is 11.5 Å². The Bertz CT molecular complexity index is 512. The van der Waals surface area contributed by atoms with Crippen LogP contribution in [-0.4, -0.2) is 31.2 Å². The van der Waals surface area contributed by atoms with Crippen LogP contribution < -0.4 is 9.47 Å². The van der Waals surface area contributed by atoms with Gasteiger partial charge in [-0.25, -0.2) is 4.79 Å². The van der Waals surface area contributed by atoms with E-state index in [0.29, 0.717) is 12.4 Å². The van der Waals surface area contributed by atoms with E-state index in [2.05, 4.69) is 0 Å². The maximum Gasteiger partial charge on any atom is 0.330 e. The monoisotopic (exact) mass is 281 g/mol. The highest BCUT2D eigenvalue weighted by atomic mass is 16.6. The largest absolute Gasteiger partial charge is 0.493 e. The second kappa shape index (κ2) is 7.78. The molecule has 1 aromatic rings. The first-order valence-corrected chi connectivity index (χ1v) is 5.87. The van der Waals surface area contributed by atoms with Crippen molar-refractivity contribution in [1.29, 1.82) is 0 Å². The molecular formula is C13H15NO6. The standard InChI is InChI=1S/C13H15NO6/c1-3-19-13(15)5-4-8-20-11-7-6-10(14(16)17)9-12(11)18-2/h4-7,9H,3,8H2,1-2H3/b5-4+. The van der Waals surface area contributed by atoms with Crippen molar-refractivity contribution in [2.45, 2.75) is 6.92 Å². The van der Waals surface area contributed by atoms with E-state index in [1.165, 1.54) is 37.5 Å². The Labute approximate surface area is 115 Å². The molecule has 0 saturated heterocycles. The van der Waals surface area contributed by atoms with Gasteiger partial charge in [0.25, 0.3) is 5.69 Å². The van der Waals surface area contributed by atoms with E-state index in [9.17, 15) is 14.9 Å². The van der Waals surface area contributed by atoms with E-state index in [-0.39, 0.29) is 18.0 Å². The van der Waals surface area contributed by atoms with Gasteiger partial charge in [0.2, 0.25) is 0 Å². The molecule has 0 fully saturated rings. The summed E-state index contributed by atoms with van der Waals surface area (Å²) in [6.07, 6.45) is 2.74. The predicted molar refractivity (Wildman–Crippen MR) is 70.9 cm³/mol. The third kappa shape index (κ3) is 4.60. The van der Waals surface area contributed by atoms with Gasteiger partial charge in [-0.05, 0) is 19.1 Å². The number of esters is 1. The Hall–Kier alpha value is -2.57. The summed E-state index contributed by atoms with van der Waals surface area (Å²) >= 11 is 0. The first-order chi connectivity index (χ1) is 9.58. The van der Waals surface area contributed by atoms with Crippen LogP contribution in [0.1, 0.15) is 6.92 Å². The molecular weight excluding hydrogens is 266 g/mol. The van der Waals surface area contributed by atoms with Crippen molar-refractivity contribution in [1.82, 2.24) is 0 Å². The van der Waals surface area contributed by atoms with Gasteiger partial charge in [0, 0.05) is 12.1 Å². The fraction of sp³-hybridized carbons (Fsp3) is 0.308. The number of rotatable bonds is 7. The topological polar surface area (TPSA) is 87.9 Å². The summed E-state index contributed by atoms with van der Waals surface area (Å²) < 4.78 is 15.1. The number of methoxy groups -OCH3 is 1. The number of ether oxygens (including phenoxy) is 3.